The molecule has 0 saturated carbocycles. The number of nitrogens with zero attached hydrogens (tertiary/aromatic N) is 1. The molecule has 0 amide bonds. The third-order valence-corrected chi connectivity index (χ3v) is 3.25. The van der Waals surface area contributed by atoms with Gasteiger partial charge in [0.1, 0.15) is 5.82 Å². The maximum Gasteiger partial charge on any atom is 0.129 e. The van der Waals surface area contributed by atoms with Crippen LogP contribution in [-0.2, 0) is 11.3 Å². The lowest BCUT2D eigenvalue weighted by molar-refractivity contribution is -0.0529. The van der Waals surface area contributed by atoms with Crippen LogP contribution in [0.4, 0.5) is 10.1 Å². The van der Waals surface area contributed by atoms with E-state index in [-0.39, 0.29) is 11.9 Å². The van der Waals surface area contributed by atoms with E-state index < -0.39 is 0 Å². The van der Waals surface area contributed by atoms with Gasteiger partial charge in [-0.1, -0.05) is 6.07 Å². The van der Waals surface area contributed by atoms with Crippen LogP contribution < -0.4 is 5.73 Å². The zero-order chi connectivity index (χ0) is 12.4. The number of morpholine rings is 1. The fourth-order valence-electron chi connectivity index (χ4n) is 2.14. The van der Waals surface area contributed by atoms with Crippen LogP contribution in [0.2, 0.25) is 0 Å². The number of hydrogen-bond donors (Lipinski definition) is 1. The molecule has 2 N–H and O–H groups in total. The van der Waals surface area contributed by atoms with E-state index in [2.05, 4.69) is 11.8 Å². The van der Waals surface area contributed by atoms with Gasteiger partial charge in [-0.05, 0) is 26.0 Å². The summed E-state index contributed by atoms with van der Waals surface area (Å²) >= 11 is 0. The minimum atomic E-state index is -0.226. The number of hydrogen-bond acceptors (Lipinski definition) is 3. The first-order valence-corrected chi connectivity index (χ1v) is 5.96. The highest BCUT2D eigenvalue weighted by Crippen LogP contribution is 2.21. The van der Waals surface area contributed by atoms with E-state index in [9.17, 15) is 4.39 Å². The van der Waals surface area contributed by atoms with Crippen LogP contribution >= 0.6 is 0 Å². The molecule has 2 atom stereocenters. The molecule has 0 aromatic heterocycles. The summed E-state index contributed by atoms with van der Waals surface area (Å²) in [4.78, 5) is 2.21. The lowest BCUT2D eigenvalue weighted by Gasteiger charge is -2.37. The maximum atomic E-state index is 13.7. The van der Waals surface area contributed by atoms with Crippen molar-refractivity contribution in [2.24, 2.45) is 0 Å². The third-order valence-electron chi connectivity index (χ3n) is 3.25. The average molecular weight is 238 g/mol. The van der Waals surface area contributed by atoms with E-state index >= 15 is 0 Å². The van der Waals surface area contributed by atoms with Gasteiger partial charge in [0.25, 0.3) is 0 Å². The minimum absolute atomic E-state index is 0.194. The van der Waals surface area contributed by atoms with Crippen LogP contribution in [0.15, 0.2) is 18.2 Å². The summed E-state index contributed by atoms with van der Waals surface area (Å²) in [5.41, 5.74) is 6.94. The van der Waals surface area contributed by atoms with E-state index in [1.165, 1.54) is 6.07 Å². The molecule has 17 heavy (non-hydrogen) atoms. The average Bonchev–Trinajstić information content (AvgIpc) is 2.28. The molecule has 1 aliphatic rings. The second-order valence-corrected chi connectivity index (χ2v) is 4.73. The van der Waals surface area contributed by atoms with Gasteiger partial charge >= 0.3 is 0 Å². The van der Waals surface area contributed by atoms with Gasteiger partial charge < -0.3 is 10.5 Å². The molecule has 3 nitrogen and oxygen atoms in total. The number of nitrogen functional groups attached to an aromatic ring is 1. The van der Waals surface area contributed by atoms with Crippen molar-refractivity contribution in [2.75, 3.05) is 18.9 Å². The van der Waals surface area contributed by atoms with E-state index in [4.69, 9.17) is 10.5 Å². The van der Waals surface area contributed by atoms with Gasteiger partial charge in [0, 0.05) is 30.4 Å². The van der Waals surface area contributed by atoms with Gasteiger partial charge in [-0.25, -0.2) is 4.39 Å². The molecule has 94 valence electrons. The molecule has 0 aliphatic carbocycles. The molecule has 2 unspecified atom stereocenters. The number of benzene rings is 1. The number of ether oxygens (including phenoxy) is 1. The first kappa shape index (κ1) is 12.3. The fourth-order valence-corrected chi connectivity index (χ4v) is 2.14. The molecule has 1 saturated heterocycles. The molecule has 1 heterocycles. The van der Waals surface area contributed by atoms with Gasteiger partial charge in [0.2, 0.25) is 0 Å². The predicted molar refractivity (Wildman–Crippen MR) is 66.1 cm³/mol. The monoisotopic (exact) mass is 238 g/mol. The van der Waals surface area contributed by atoms with Gasteiger partial charge in [0.05, 0.1) is 12.7 Å². The maximum absolute atomic E-state index is 13.7. The molecule has 1 aliphatic heterocycles. The van der Waals surface area contributed by atoms with E-state index in [1.807, 2.05) is 6.92 Å². The predicted octanol–water partition coefficient (Wildman–Crippen LogP) is 2.02. The first-order chi connectivity index (χ1) is 8.08. The van der Waals surface area contributed by atoms with Crippen molar-refractivity contribution < 1.29 is 9.13 Å². The Kier molecular flexibility index (Phi) is 3.64. The number of halogens is 1. The van der Waals surface area contributed by atoms with Crippen molar-refractivity contribution in [3.05, 3.63) is 29.6 Å². The van der Waals surface area contributed by atoms with Gasteiger partial charge in [-0.15, -0.1) is 0 Å². The quantitative estimate of drug-likeness (QED) is 0.801. The Hall–Kier alpha value is -1.13. The van der Waals surface area contributed by atoms with Crippen LogP contribution in [0.5, 0.6) is 0 Å². The Bertz CT molecular complexity index is 377. The van der Waals surface area contributed by atoms with E-state index in [0.29, 0.717) is 30.4 Å². The van der Waals surface area contributed by atoms with E-state index in [0.717, 1.165) is 6.54 Å². The lowest BCUT2D eigenvalue weighted by atomic mass is 10.1. The Morgan fingerprint density at radius 1 is 1.47 bits per heavy atom. The van der Waals surface area contributed by atoms with Crippen LogP contribution in [0.1, 0.15) is 19.4 Å². The van der Waals surface area contributed by atoms with Crippen molar-refractivity contribution in [1.82, 2.24) is 4.90 Å². The zero-order valence-electron chi connectivity index (χ0n) is 10.3. The van der Waals surface area contributed by atoms with Crippen molar-refractivity contribution in [1.29, 1.82) is 0 Å². The van der Waals surface area contributed by atoms with Gasteiger partial charge in [-0.2, -0.15) is 0 Å². The molecule has 4 heteroatoms. The van der Waals surface area contributed by atoms with Crippen LogP contribution in [0.3, 0.4) is 0 Å². The van der Waals surface area contributed by atoms with Crippen LogP contribution in [0, 0.1) is 5.82 Å². The first-order valence-electron chi connectivity index (χ1n) is 5.96. The molecular weight excluding hydrogens is 219 g/mol. The summed E-state index contributed by atoms with van der Waals surface area (Å²) in [5, 5.41) is 0. The Balaban J connectivity index is 2.14. The molecule has 1 fully saturated rings. The van der Waals surface area contributed by atoms with Crippen molar-refractivity contribution in [3.8, 4) is 0 Å². The van der Waals surface area contributed by atoms with Gasteiger partial charge in [-0.3, -0.25) is 4.90 Å². The number of anilines is 1. The molecule has 0 radical (unpaired) electrons. The van der Waals surface area contributed by atoms with Gasteiger partial charge in [0.15, 0.2) is 0 Å². The Morgan fingerprint density at radius 3 is 2.94 bits per heavy atom. The lowest BCUT2D eigenvalue weighted by Crippen LogP contribution is -2.46. The molecule has 2 rings (SSSR count). The number of rotatable bonds is 2. The summed E-state index contributed by atoms with van der Waals surface area (Å²) in [6, 6.07) is 5.14. The second kappa shape index (κ2) is 5.02. The summed E-state index contributed by atoms with van der Waals surface area (Å²) in [5.74, 6) is -0.226. The van der Waals surface area contributed by atoms with Crippen LogP contribution in [0.25, 0.3) is 0 Å². The highest BCUT2D eigenvalue weighted by molar-refractivity contribution is 5.47. The third kappa shape index (κ3) is 2.76. The molecule has 1 aromatic carbocycles. The standard InChI is InChI=1S/C13H19FN2O/c1-9-8-17-10(2)6-16(9)7-11-12(14)4-3-5-13(11)15/h3-5,9-10H,6-8,15H2,1-2H3. The minimum Gasteiger partial charge on any atom is -0.398 e. The zero-order valence-corrected chi connectivity index (χ0v) is 10.3. The SMILES string of the molecule is CC1CN(Cc2c(N)cccc2F)C(C)CO1. The van der Waals surface area contributed by atoms with Crippen molar-refractivity contribution >= 4 is 5.69 Å². The number of nitrogens with two attached hydrogens (primary N) is 1. The van der Waals surface area contributed by atoms with E-state index in [1.54, 1.807) is 12.1 Å². The van der Waals surface area contributed by atoms with Crippen molar-refractivity contribution in [2.45, 2.75) is 32.5 Å². The molecule has 0 bridgehead atoms. The van der Waals surface area contributed by atoms with Crippen LogP contribution in [-0.4, -0.2) is 30.2 Å². The molecule has 0 spiro atoms. The second-order valence-electron chi connectivity index (χ2n) is 4.73. The smallest absolute Gasteiger partial charge is 0.129 e. The highest BCUT2D eigenvalue weighted by Gasteiger charge is 2.24. The Labute approximate surface area is 101 Å². The highest BCUT2D eigenvalue weighted by atomic mass is 19.1. The molecule has 1 aromatic rings. The summed E-state index contributed by atoms with van der Waals surface area (Å²) in [6.45, 7) is 6.17. The summed E-state index contributed by atoms with van der Waals surface area (Å²) < 4.78 is 19.2. The summed E-state index contributed by atoms with van der Waals surface area (Å²) in [6.07, 6.45) is 0.194. The summed E-state index contributed by atoms with van der Waals surface area (Å²) in [7, 11) is 0. The fraction of sp³-hybridized carbons (Fsp3) is 0.538. The topological polar surface area (TPSA) is 38.5 Å². The normalized spacial score (nSPS) is 26.1. The molecular formula is C13H19FN2O. The van der Waals surface area contributed by atoms with Crippen molar-refractivity contribution in [3.63, 3.8) is 0 Å². The Morgan fingerprint density at radius 2 is 2.24 bits per heavy atom. The largest absolute Gasteiger partial charge is 0.398 e.